The molecule has 0 fully saturated rings. The number of carbonyl (C=O) groups is 1. The molecule has 0 spiro atoms. The van der Waals surface area contributed by atoms with Gasteiger partial charge < -0.3 is 14.7 Å². The molecule has 0 unspecified atom stereocenters. The lowest BCUT2D eigenvalue weighted by atomic mass is 10.00. The summed E-state index contributed by atoms with van der Waals surface area (Å²) in [7, 11) is 0. The highest BCUT2D eigenvalue weighted by atomic mass is 16.3. The zero-order valence-electron chi connectivity index (χ0n) is 14.3. The molecule has 0 aliphatic rings. The second-order valence-corrected chi connectivity index (χ2v) is 6.66. The van der Waals surface area contributed by atoms with Crippen molar-refractivity contribution in [3.63, 3.8) is 0 Å². The first-order valence-electron chi connectivity index (χ1n) is 8.43. The number of hydrogen-bond acceptors (Lipinski definition) is 2. The Morgan fingerprint density at radius 3 is 2.64 bits per heavy atom. The van der Waals surface area contributed by atoms with Crippen LogP contribution in [0.25, 0.3) is 21.8 Å². The van der Waals surface area contributed by atoms with Crippen molar-refractivity contribution >= 4 is 27.7 Å². The van der Waals surface area contributed by atoms with E-state index in [0.717, 1.165) is 27.6 Å². The Balaban J connectivity index is 2.09. The van der Waals surface area contributed by atoms with Crippen LogP contribution in [0.15, 0.2) is 59.2 Å². The summed E-state index contributed by atoms with van der Waals surface area (Å²) in [5, 5.41) is 1.95. The molecule has 2 heterocycles. The van der Waals surface area contributed by atoms with E-state index in [1.807, 2.05) is 24.3 Å². The van der Waals surface area contributed by atoms with E-state index in [2.05, 4.69) is 36.6 Å². The van der Waals surface area contributed by atoms with E-state index in [1.165, 1.54) is 5.56 Å². The van der Waals surface area contributed by atoms with Gasteiger partial charge in [-0.05, 0) is 41.8 Å². The van der Waals surface area contributed by atoms with Crippen molar-refractivity contribution in [1.29, 1.82) is 0 Å². The summed E-state index contributed by atoms with van der Waals surface area (Å²) in [5.41, 5.74) is 9.52. The van der Waals surface area contributed by atoms with Gasteiger partial charge in [0.1, 0.15) is 5.76 Å². The summed E-state index contributed by atoms with van der Waals surface area (Å²) in [6, 6.07) is 16.0. The van der Waals surface area contributed by atoms with Crippen molar-refractivity contribution in [3.8, 4) is 0 Å². The molecule has 126 valence electrons. The molecule has 2 aromatic heterocycles. The minimum absolute atomic E-state index is 0.407. The molecular formula is C21H20N2O2. The minimum atomic E-state index is -0.407. The van der Waals surface area contributed by atoms with Gasteiger partial charge in [0.25, 0.3) is 0 Å². The van der Waals surface area contributed by atoms with Crippen LogP contribution in [0.1, 0.15) is 41.4 Å². The van der Waals surface area contributed by atoms with Gasteiger partial charge in [-0.15, -0.1) is 0 Å². The van der Waals surface area contributed by atoms with E-state index in [9.17, 15) is 4.79 Å². The zero-order valence-corrected chi connectivity index (χ0v) is 14.3. The van der Waals surface area contributed by atoms with Crippen molar-refractivity contribution in [2.45, 2.75) is 26.3 Å². The molecule has 1 amide bonds. The second-order valence-electron chi connectivity index (χ2n) is 6.66. The normalized spacial score (nSPS) is 11.6. The predicted molar refractivity (Wildman–Crippen MR) is 99.9 cm³/mol. The highest BCUT2D eigenvalue weighted by Crippen LogP contribution is 2.34. The van der Waals surface area contributed by atoms with Crippen molar-refractivity contribution in [2.24, 2.45) is 5.73 Å². The molecule has 0 bridgehead atoms. The van der Waals surface area contributed by atoms with Crippen LogP contribution in [0, 0.1) is 0 Å². The Labute approximate surface area is 145 Å². The second kappa shape index (κ2) is 5.81. The van der Waals surface area contributed by atoms with Crippen LogP contribution in [-0.4, -0.2) is 10.5 Å². The Hall–Kier alpha value is -3.01. The number of benzene rings is 2. The van der Waals surface area contributed by atoms with Gasteiger partial charge in [0.2, 0.25) is 5.91 Å². The molecule has 4 heteroatoms. The molecule has 2 aromatic carbocycles. The number of hydrogen-bond donors (Lipinski definition) is 1. The van der Waals surface area contributed by atoms with Crippen molar-refractivity contribution < 1.29 is 9.21 Å². The van der Waals surface area contributed by atoms with Crippen LogP contribution in [0.4, 0.5) is 0 Å². The number of amides is 1. The molecule has 4 nitrogen and oxygen atoms in total. The first-order valence-corrected chi connectivity index (χ1v) is 8.43. The molecule has 0 radical (unpaired) electrons. The minimum Gasteiger partial charge on any atom is -0.467 e. The van der Waals surface area contributed by atoms with E-state index in [4.69, 9.17) is 10.2 Å². The number of rotatable bonds is 4. The van der Waals surface area contributed by atoms with Gasteiger partial charge in [0.15, 0.2) is 0 Å². The predicted octanol–water partition coefficient (Wildman–Crippen LogP) is 4.66. The van der Waals surface area contributed by atoms with Crippen LogP contribution < -0.4 is 5.73 Å². The van der Waals surface area contributed by atoms with E-state index in [1.54, 1.807) is 12.3 Å². The quantitative estimate of drug-likeness (QED) is 0.591. The average Bonchev–Trinajstić information content (AvgIpc) is 3.21. The van der Waals surface area contributed by atoms with Crippen molar-refractivity contribution in [3.05, 3.63) is 71.7 Å². The topological polar surface area (TPSA) is 61.2 Å². The van der Waals surface area contributed by atoms with Gasteiger partial charge in [-0.1, -0.05) is 32.0 Å². The molecular weight excluding hydrogens is 312 g/mol. The summed E-state index contributed by atoms with van der Waals surface area (Å²) >= 11 is 0. The maximum atomic E-state index is 12.0. The fraction of sp³-hybridized carbons (Fsp3) is 0.190. The Morgan fingerprint density at radius 1 is 1.12 bits per heavy atom. The largest absolute Gasteiger partial charge is 0.467 e. The fourth-order valence-electron chi connectivity index (χ4n) is 3.45. The smallest absolute Gasteiger partial charge is 0.249 e. The standard InChI is InChI=1S/C21H20N2O2/c1-13(2)14-8-9-16-19(11-14)23(12-15-5-4-10-25-15)18-7-3-6-17(20(16)18)21(22)24/h3-11,13H,12H2,1-2H3,(H2,22,24). The lowest BCUT2D eigenvalue weighted by molar-refractivity contribution is 0.100. The molecule has 0 saturated heterocycles. The van der Waals surface area contributed by atoms with Crippen LogP contribution in [-0.2, 0) is 6.54 Å². The molecule has 0 atom stereocenters. The molecule has 25 heavy (non-hydrogen) atoms. The molecule has 2 N–H and O–H groups in total. The first kappa shape index (κ1) is 15.5. The number of primary amides is 1. The third-order valence-corrected chi connectivity index (χ3v) is 4.74. The number of nitrogens with zero attached hydrogens (tertiary/aromatic N) is 1. The Bertz CT molecular complexity index is 1070. The summed E-state index contributed by atoms with van der Waals surface area (Å²) < 4.78 is 7.74. The van der Waals surface area contributed by atoms with E-state index in [0.29, 0.717) is 18.0 Å². The van der Waals surface area contributed by atoms with Gasteiger partial charge in [0, 0.05) is 21.9 Å². The van der Waals surface area contributed by atoms with Gasteiger partial charge in [-0.25, -0.2) is 0 Å². The summed E-state index contributed by atoms with van der Waals surface area (Å²) in [6.45, 7) is 4.96. The third kappa shape index (κ3) is 2.50. The van der Waals surface area contributed by atoms with Crippen LogP contribution >= 0.6 is 0 Å². The fourth-order valence-corrected chi connectivity index (χ4v) is 3.45. The van der Waals surface area contributed by atoms with Crippen molar-refractivity contribution in [1.82, 2.24) is 4.57 Å². The van der Waals surface area contributed by atoms with E-state index >= 15 is 0 Å². The third-order valence-electron chi connectivity index (χ3n) is 4.74. The number of fused-ring (bicyclic) bond motifs is 3. The maximum absolute atomic E-state index is 12.0. The van der Waals surface area contributed by atoms with E-state index in [-0.39, 0.29) is 0 Å². The number of carbonyl (C=O) groups excluding carboxylic acids is 1. The Morgan fingerprint density at radius 2 is 1.96 bits per heavy atom. The number of aromatic nitrogens is 1. The van der Waals surface area contributed by atoms with Gasteiger partial charge >= 0.3 is 0 Å². The molecule has 0 aliphatic carbocycles. The van der Waals surface area contributed by atoms with Crippen LogP contribution in [0.3, 0.4) is 0 Å². The SMILES string of the molecule is CC(C)c1ccc2c3c(C(N)=O)cccc3n(Cc3ccco3)c2c1. The molecule has 0 aliphatic heterocycles. The number of furan rings is 1. The monoisotopic (exact) mass is 332 g/mol. The highest BCUT2D eigenvalue weighted by Gasteiger charge is 2.17. The van der Waals surface area contributed by atoms with Crippen LogP contribution in [0.2, 0.25) is 0 Å². The molecule has 0 saturated carbocycles. The van der Waals surface area contributed by atoms with E-state index < -0.39 is 5.91 Å². The van der Waals surface area contributed by atoms with Crippen LogP contribution in [0.5, 0.6) is 0 Å². The zero-order chi connectivity index (χ0) is 17.6. The summed E-state index contributed by atoms with van der Waals surface area (Å²) in [4.78, 5) is 12.0. The average molecular weight is 332 g/mol. The van der Waals surface area contributed by atoms with Gasteiger partial charge in [-0.3, -0.25) is 4.79 Å². The number of nitrogens with two attached hydrogens (primary N) is 1. The maximum Gasteiger partial charge on any atom is 0.249 e. The highest BCUT2D eigenvalue weighted by molar-refractivity contribution is 6.17. The summed E-state index contributed by atoms with van der Waals surface area (Å²) in [5.74, 6) is 0.892. The lowest BCUT2D eigenvalue weighted by Gasteiger charge is -2.08. The first-order chi connectivity index (χ1) is 12.1. The lowest BCUT2D eigenvalue weighted by Crippen LogP contribution is -2.11. The Kier molecular flexibility index (Phi) is 3.61. The molecule has 4 aromatic rings. The van der Waals surface area contributed by atoms with Gasteiger partial charge in [-0.2, -0.15) is 0 Å². The molecule has 4 rings (SSSR count). The van der Waals surface area contributed by atoms with Crippen molar-refractivity contribution in [2.75, 3.05) is 0 Å². The summed E-state index contributed by atoms with van der Waals surface area (Å²) in [6.07, 6.45) is 1.68. The van der Waals surface area contributed by atoms with Gasteiger partial charge in [0.05, 0.1) is 18.3 Å².